The van der Waals surface area contributed by atoms with Gasteiger partial charge in [-0.25, -0.2) is 0 Å². The highest BCUT2D eigenvalue weighted by Gasteiger charge is 2.22. The summed E-state index contributed by atoms with van der Waals surface area (Å²) in [7, 11) is 0. The fourth-order valence-corrected chi connectivity index (χ4v) is 2.70. The van der Waals surface area contributed by atoms with Crippen LogP contribution < -0.4 is 11.1 Å². The third kappa shape index (κ3) is 4.17. The molecule has 1 saturated heterocycles. The molecule has 1 aromatic carbocycles. The van der Waals surface area contributed by atoms with Crippen LogP contribution >= 0.6 is 11.8 Å². The van der Waals surface area contributed by atoms with Crippen molar-refractivity contribution in [1.29, 1.82) is 0 Å². The molecule has 1 fully saturated rings. The van der Waals surface area contributed by atoms with Gasteiger partial charge in [-0.3, -0.25) is 9.59 Å². The summed E-state index contributed by atoms with van der Waals surface area (Å²) in [6.07, 6.45) is 0.759. The number of carbonyl (C=O) groups excluding carboxylic acids is 2. The van der Waals surface area contributed by atoms with Crippen LogP contribution in [0.2, 0.25) is 0 Å². The zero-order chi connectivity index (χ0) is 13.7. The molecule has 6 heteroatoms. The third-order valence-corrected chi connectivity index (χ3v) is 3.82. The highest BCUT2D eigenvalue weighted by molar-refractivity contribution is 8.00. The summed E-state index contributed by atoms with van der Waals surface area (Å²) in [5, 5.41) is 2.82. The van der Waals surface area contributed by atoms with Crippen LogP contribution in [0.4, 0.5) is 5.69 Å². The van der Waals surface area contributed by atoms with Gasteiger partial charge in [0.1, 0.15) is 6.54 Å². The zero-order valence-electron chi connectivity index (χ0n) is 10.6. The number of nitrogens with zero attached hydrogens (tertiary/aromatic N) is 1. The van der Waals surface area contributed by atoms with Gasteiger partial charge in [0.15, 0.2) is 0 Å². The Morgan fingerprint density at radius 3 is 2.74 bits per heavy atom. The molecule has 0 atom stereocenters. The average Bonchev–Trinajstić information content (AvgIpc) is 2.78. The second-order valence-corrected chi connectivity index (χ2v) is 5.37. The zero-order valence-corrected chi connectivity index (χ0v) is 11.4. The van der Waals surface area contributed by atoms with Gasteiger partial charge in [-0.1, -0.05) is 12.1 Å². The summed E-state index contributed by atoms with van der Waals surface area (Å²) in [5.74, 6) is 1.04. The van der Waals surface area contributed by atoms with E-state index in [0.29, 0.717) is 18.2 Å². The number of anilines is 1. The van der Waals surface area contributed by atoms with Crippen molar-refractivity contribution in [2.45, 2.75) is 6.42 Å². The van der Waals surface area contributed by atoms with Gasteiger partial charge in [0.25, 0.3) is 0 Å². The van der Waals surface area contributed by atoms with Crippen LogP contribution in [-0.2, 0) is 16.0 Å². The largest absolute Gasteiger partial charge is 0.399 e. The monoisotopic (exact) mass is 279 g/mol. The van der Waals surface area contributed by atoms with Crippen molar-refractivity contribution in [2.24, 2.45) is 0 Å². The fourth-order valence-electron chi connectivity index (χ4n) is 1.80. The van der Waals surface area contributed by atoms with Crippen molar-refractivity contribution in [3.63, 3.8) is 0 Å². The number of nitrogens with one attached hydrogen (secondary N) is 1. The molecule has 1 heterocycles. The van der Waals surface area contributed by atoms with Crippen LogP contribution in [0.15, 0.2) is 24.3 Å². The maximum absolute atomic E-state index is 11.7. The number of nitrogens with two attached hydrogens (primary N) is 1. The molecule has 0 bridgehead atoms. The Morgan fingerprint density at radius 1 is 1.37 bits per heavy atom. The summed E-state index contributed by atoms with van der Waals surface area (Å²) in [6, 6.07) is 7.58. The first kappa shape index (κ1) is 13.7. The molecule has 102 valence electrons. The lowest BCUT2D eigenvalue weighted by atomic mass is 10.1. The molecule has 0 aromatic heterocycles. The molecule has 2 amide bonds. The summed E-state index contributed by atoms with van der Waals surface area (Å²) in [4.78, 5) is 24.6. The first-order chi connectivity index (χ1) is 9.15. The van der Waals surface area contributed by atoms with Gasteiger partial charge >= 0.3 is 0 Å². The SMILES string of the molecule is Nc1ccc(CCNC(=O)CN2CSCC2=O)cc1. The third-order valence-electron chi connectivity index (χ3n) is 2.88. The molecular formula is C13H17N3O2S. The van der Waals surface area contributed by atoms with E-state index in [9.17, 15) is 9.59 Å². The Kier molecular flexibility index (Phi) is 4.68. The van der Waals surface area contributed by atoms with Crippen molar-refractivity contribution >= 4 is 29.3 Å². The quantitative estimate of drug-likeness (QED) is 0.768. The van der Waals surface area contributed by atoms with Gasteiger partial charge < -0.3 is 16.0 Å². The second-order valence-electron chi connectivity index (χ2n) is 4.41. The molecule has 0 saturated carbocycles. The predicted octanol–water partition coefficient (Wildman–Crippen LogP) is 0.460. The summed E-state index contributed by atoms with van der Waals surface area (Å²) < 4.78 is 0. The fraction of sp³-hybridized carbons (Fsp3) is 0.385. The van der Waals surface area contributed by atoms with Gasteiger partial charge in [0.05, 0.1) is 11.6 Å². The van der Waals surface area contributed by atoms with Gasteiger partial charge in [-0.15, -0.1) is 11.8 Å². The molecule has 0 aliphatic carbocycles. The second kappa shape index (κ2) is 6.47. The molecule has 5 nitrogen and oxygen atoms in total. The number of thioether (sulfide) groups is 1. The molecule has 1 aliphatic rings. The van der Waals surface area contributed by atoms with Crippen LogP contribution in [0.25, 0.3) is 0 Å². The number of carbonyl (C=O) groups is 2. The standard InChI is InChI=1S/C13H17N3O2S/c14-11-3-1-10(2-4-11)5-6-15-12(17)7-16-9-19-8-13(16)18/h1-4H,5-9,14H2,(H,15,17). The number of hydrogen-bond donors (Lipinski definition) is 2. The van der Waals surface area contributed by atoms with Crippen LogP contribution in [0.1, 0.15) is 5.56 Å². The summed E-state index contributed by atoms with van der Waals surface area (Å²) in [5.41, 5.74) is 7.46. The number of amides is 2. The minimum atomic E-state index is -0.105. The number of benzene rings is 1. The Morgan fingerprint density at radius 2 is 2.11 bits per heavy atom. The van der Waals surface area contributed by atoms with Crippen molar-refractivity contribution in [3.05, 3.63) is 29.8 Å². The van der Waals surface area contributed by atoms with Gasteiger partial charge in [-0.2, -0.15) is 0 Å². The van der Waals surface area contributed by atoms with E-state index in [4.69, 9.17) is 5.73 Å². The van der Waals surface area contributed by atoms with Crippen molar-refractivity contribution in [1.82, 2.24) is 10.2 Å². The lowest BCUT2D eigenvalue weighted by Crippen LogP contribution is -2.38. The lowest BCUT2D eigenvalue weighted by molar-refractivity contribution is -0.132. The molecule has 1 aromatic rings. The number of hydrogen-bond acceptors (Lipinski definition) is 4. The first-order valence-corrected chi connectivity index (χ1v) is 7.27. The molecule has 0 unspecified atom stereocenters. The molecular weight excluding hydrogens is 262 g/mol. The Bertz CT molecular complexity index is 461. The number of nitrogen functional groups attached to an aromatic ring is 1. The topological polar surface area (TPSA) is 75.4 Å². The number of rotatable bonds is 5. The normalized spacial score (nSPS) is 14.7. The van der Waals surface area contributed by atoms with E-state index in [1.165, 1.54) is 11.8 Å². The van der Waals surface area contributed by atoms with Crippen molar-refractivity contribution in [3.8, 4) is 0 Å². The van der Waals surface area contributed by atoms with E-state index in [1.807, 2.05) is 24.3 Å². The van der Waals surface area contributed by atoms with Gasteiger partial charge in [0, 0.05) is 12.2 Å². The van der Waals surface area contributed by atoms with Crippen LogP contribution in [-0.4, -0.2) is 41.4 Å². The molecule has 3 N–H and O–H groups in total. The lowest BCUT2D eigenvalue weighted by Gasteiger charge is -2.14. The van der Waals surface area contributed by atoms with Crippen molar-refractivity contribution < 1.29 is 9.59 Å². The van der Waals surface area contributed by atoms with E-state index in [0.717, 1.165) is 17.7 Å². The molecule has 0 spiro atoms. The van der Waals surface area contributed by atoms with Crippen LogP contribution in [0.5, 0.6) is 0 Å². The van der Waals surface area contributed by atoms with Crippen LogP contribution in [0.3, 0.4) is 0 Å². The maximum Gasteiger partial charge on any atom is 0.239 e. The van der Waals surface area contributed by atoms with Gasteiger partial charge in [-0.05, 0) is 24.1 Å². The Labute approximate surface area is 116 Å². The Hall–Kier alpha value is -1.69. The van der Waals surface area contributed by atoms with E-state index in [1.54, 1.807) is 4.90 Å². The van der Waals surface area contributed by atoms with E-state index < -0.39 is 0 Å². The molecule has 0 radical (unpaired) electrons. The molecule has 1 aliphatic heterocycles. The minimum Gasteiger partial charge on any atom is -0.399 e. The minimum absolute atomic E-state index is 0.0404. The van der Waals surface area contributed by atoms with E-state index in [-0.39, 0.29) is 18.4 Å². The predicted molar refractivity (Wildman–Crippen MR) is 76.6 cm³/mol. The van der Waals surface area contributed by atoms with E-state index in [2.05, 4.69) is 5.32 Å². The highest BCUT2D eigenvalue weighted by atomic mass is 32.2. The maximum atomic E-state index is 11.7. The van der Waals surface area contributed by atoms with E-state index >= 15 is 0 Å². The smallest absolute Gasteiger partial charge is 0.239 e. The average molecular weight is 279 g/mol. The Balaban J connectivity index is 1.69. The summed E-state index contributed by atoms with van der Waals surface area (Å²) in [6.45, 7) is 0.728. The first-order valence-electron chi connectivity index (χ1n) is 6.12. The summed E-state index contributed by atoms with van der Waals surface area (Å²) >= 11 is 1.54. The van der Waals surface area contributed by atoms with Gasteiger partial charge in [0.2, 0.25) is 11.8 Å². The highest BCUT2D eigenvalue weighted by Crippen LogP contribution is 2.13. The molecule has 2 rings (SSSR count). The van der Waals surface area contributed by atoms with Crippen LogP contribution in [0, 0.1) is 0 Å². The molecule has 19 heavy (non-hydrogen) atoms. The van der Waals surface area contributed by atoms with Crippen molar-refractivity contribution in [2.75, 3.05) is 30.5 Å².